The van der Waals surface area contributed by atoms with Gasteiger partial charge in [-0.3, -0.25) is 0 Å². The predicted octanol–water partition coefficient (Wildman–Crippen LogP) is 18.4. The second-order valence-corrected chi connectivity index (χ2v) is 22.9. The van der Waals surface area contributed by atoms with Gasteiger partial charge in [0.2, 0.25) is 0 Å². The number of aromatic nitrogens is 4. The number of hydrogen-bond donors (Lipinski definition) is 0. The van der Waals surface area contributed by atoms with E-state index in [1.54, 1.807) is 0 Å². The van der Waals surface area contributed by atoms with Crippen LogP contribution in [0, 0.1) is 22.7 Å². The van der Waals surface area contributed by atoms with Gasteiger partial charge in [-0.05, 0) is 93.0 Å². The summed E-state index contributed by atoms with van der Waals surface area (Å²) < 4.78 is 9.25. The lowest BCUT2D eigenvalue weighted by Gasteiger charge is -2.27. The number of fused-ring (bicyclic) bond motifs is 20. The van der Waals surface area contributed by atoms with Crippen molar-refractivity contribution in [2.24, 2.45) is 0 Å². The van der Waals surface area contributed by atoms with Gasteiger partial charge in [-0.25, -0.2) is 0 Å². The molecule has 17 rings (SSSR count). The Morgan fingerprint density at radius 1 is 0.275 bits per heavy atom. The van der Waals surface area contributed by atoms with Gasteiger partial charge in [0.25, 0.3) is 0 Å². The number of benzene rings is 11. The van der Waals surface area contributed by atoms with E-state index >= 15 is 0 Å². The molecule has 2 aliphatic rings. The summed E-state index contributed by atoms with van der Waals surface area (Å²) in [6.45, 7) is 9.38. The number of nitrogens with zero attached hydrogens (tertiary/aromatic N) is 6. The van der Waals surface area contributed by atoms with Crippen molar-refractivity contribution in [2.45, 2.75) is 38.5 Å². The second kappa shape index (κ2) is 15.6. The summed E-state index contributed by atoms with van der Waals surface area (Å²) in [5.41, 5.74) is 20.2. The molecule has 0 amide bonds. The predicted molar refractivity (Wildman–Crippen MR) is 328 cm³/mol. The summed E-state index contributed by atoms with van der Waals surface area (Å²) in [7, 11) is 0. The quantitative estimate of drug-likeness (QED) is 0.176. The van der Waals surface area contributed by atoms with E-state index in [4.69, 9.17) is 0 Å². The van der Waals surface area contributed by atoms with E-state index in [1.165, 1.54) is 44.5 Å². The first-order valence-electron chi connectivity index (χ1n) is 27.6. The first-order valence-corrected chi connectivity index (χ1v) is 27.6. The summed E-state index contributed by atoms with van der Waals surface area (Å²) in [6, 6.07) is 84.1. The average molecular weight is 1020 g/mol. The van der Waals surface area contributed by atoms with Crippen LogP contribution < -0.4 is 0 Å². The van der Waals surface area contributed by atoms with Crippen LogP contribution in [0.1, 0.15) is 61.1 Å². The van der Waals surface area contributed by atoms with Crippen molar-refractivity contribution in [3.05, 3.63) is 252 Å². The maximum absolute atomic E-state index is 12.9. The van der Waals surface area contributed by atoms with Gasteiger partial charge < -0.3 is 18.3 Å². The molecule has 0 radical (unpaired) electrons. The van der Waals surface area contributed by atoms with Gasteiger partial charge in [0.1, 0.15) is 23.3 Å². The molecule has 0 bridgehead atoms. The van der Waals surface area contributed by atoms with E-state index in [2.05, 4.69) is 276 Å². The molecule has 6 heteroatoms. The van der Waals surface area contributed by atoms with Crippen LogP contribution in [0.25, 0.3) is 132 Å². The summed E-state index contributed by atoms with van der Waals surface area (Å²) in [4.78, 5) is 0. The van der Waals surface area contributed by atoms with E-state index in [0.29, 0.717) is 33.9 Å². The van der Waals surface area contributed by atoms with Crippen molar-refractivity contribution in [2.75, 3.05) is 0 Å². The minimum Gasteiger partial charge on any atom is -0.306 e. The number of nitriles is 2. The SMILES string of the molecule is CC1(C)c2ccccc2-c2ccc3c(c21)c1ccccc1n3-c1c(C#N)c(-n2c3ccccc3c3ccccc32)c(-n2c3ccccc3c3c4c(ccc32)-c2ccccc2C4(C)C)c(C#N)c1-n1c2ccccc2c2ccccc21. The molecular formula is C74H48N6. The van der Waals surface area contributed by atoms with Gasteiger partial charge in [0.05, 0.1) is 66.9 Å². The monoisotopic (exact) mass is 1020 g/mol. The standard InChI is InChI=1S/C74H48N6/c1-73(2)55-29-13-5-21-43(55)49-37-39-63-65(67(49)73)51-27-11-19-35-61(51)79(63)71-53(41-75)70(78-59-33-17-9-25-47(59)48-26-10-18-34-60(48)78)72(54(42-76)69(71)77-57-31-15-7-23-45(57)46-24-8-16-32-58(46)77)80-62-36-20-12-28-52(62)66-64(80)40-38-50-44-22-6-14-30-56(44)74(3,4)68(50)66/h5-40H,1-4H3. The van der Waals surface area contributed by atoms with Crippen LogP contribution in [0.15, 0.2) is 218 Å². The zero-order valence-corrected chi connectivity index (χ0v) is 44.5. The normalized spacial score (nSPS) is 13.9. The van der Waals surface area contributed by atoms with Crippen LogP contribution in [0.2, 0.25) is 0 Å². The highest BCUT2D eigenvalue weighted by Crippen LogP contribution is 2.57. The molecule has 0 unspecified atom stereocenters. The van der Waals surface area contributed by atoms with Crippen molar-refractivity contribution in [3.63, 3.8) is 0 Å². The molecule has 0 atom stereocenters. The fraction of sp³-hybridized carbons (Fsp3) is 0.0811. The maximum Gasteiger partial charge on any atom is 0.104 e. The summed E-state index contributed by atoms with van der Waals surface area (Å²) in [5.74, 6) is 0. The molecule has 4 heterocycles. The minimum atomic E-state index is -0.351. The molecule has 2 aliphatic carbocycles. The molecule has 374 valence electrons. The lowest BCUT2D eigenvalue weighted by atomic mass is 9.80. The van der Waals surface area contributed by atoms with E-state index < -0.39 is 0 Å². The third kappa shape index (κ3) is 5.40. The maximum atomic E-state index is 12.9. The first-order chi connectivity index (χ1) is 39.2. The van der Waals surface area contributed by atoms with Gasteiger partial charge in [-0.1, -0.05) is 198 Å². The minimum absolute atomic E-state index is 0.351. The van der Waals surface area contributed by atoms with Gasteiger partial charge >= 0.3 is 0 Å². The molecule has 11 aromatic carbocycles. The highest BCUT2D eigenvalue weighted by atomic mass is 15.1. The van der Waals surface area contributed by atoms with Gasteiger partial charge in [-0.2, -0.15) is 10.5 Å². The average Bonchev–Trinajstić information content (AvgIpc) is 3.97. The van der Waals surface area contributed by atoms with E-state index in [-0.39, 0.29) is 10.8 Å². The smallest absolute Gasteiger partial charge is 0.104 e. The molecular weight excluding hydrogens is 973 g/mol. The van der Waals surface area contributed by atoms with Crippen LogP contribution in [0.4, 0.5) is 0 Å². The Morgan fingerprint density at radius 3 is 0.863 bits per heavy atom. The van der Waals surface area contributed by atoms with Crippen molar-refractivity contribution in [1.29, 1.82) is 10.5 Å². The Kier molecular flexibility index (Phi) is 8.74. The van der Waals surface area contributed by atoms with Gasteiger partial charge in [0, 0.05) is 53.9 Å². The molecule has 6 nitrogen and oxygen atoms in total. The highest BCUT2D eigenvalue weighted by molar-refractivity contribution is 6.19. The Morgan fingerprint density at radius 2 is 0.537 bits per heavy atom. The molecule has 0 spiro atoms. The molecule has 15 aromatic rings. The van der Waals surface area contributed by atoms with E-state index in [9.17, 15) is 10.5 Å². The number of rotatable bonds is 4. The van der Waals surface area contributed by atoms with Crippen molar-refractivity contribution in [1.82, 2.24) is 18.3 Å². The first kappa shape index (κ1) is 44.7. The second-order valence-electron chi connectivity index (χ2n) is 22.9. The highest BCUT2D eigenvalue weighted by Gasteiger charge is 2.42. The van der Waals surface area contributed by atoms with Crippen LogP contribution in [-0.2, 0) is 10.8 Å². The van der Waals surface area contributed by atoms with Crippen LogP contribution in [0.5, 0.6) is 0 Å². The Hall–Kier alpha value is -10.4. The number of para-hydroxylation sites is 6. The fourth-order valence-electron chi connectivity index (χ4n) is 15.3. The zero-order valence-electron chi connectivity index (χ0n) is 44.5. The van der Waals surface area contributed by atoms with E-state index in [0.717, 1.165) is 87.2 Å². The molecule has 0 fully saturated rings. The van der Waals surface area contributed by atoms with Crippen molar-refractivity contribution in [3.8, 4) is 57.1 Å². The fourth-order valence-corrected chi connectivity index (χ4v) is 15.3. The molecule has 4 aromatic heterocycles. The van der Waals surface area contributed by atoms with E-state index in [1.807, 2.05) is 0 Å². The van der Waals surface area contributed by atoms with Crippen LogP contribution in [0.3, 0.4) is 0 Å². The Bertz CT molecular complexity index is 4960. The summed E-state index contributed by atoms with van der Waals surface area (Å²) >= 11 is 0. The Balaban J connectivity index is 1.16. The molecule has 80 heavy (non-hydrogen) atoms. The van der Waals surface area contributed by atoms with Gasteiger partial charge in [-0.15, -0.1) is 0 Å². The van der Waals surface area contributed by atoms with Gasteiger partial charge in [0.15, 0.2) is 0 Å². The third-order valence-corrected chi connectivity index (χ3v) is 18.4. The molecule has 0 saturated carbocycles. The molecule has 0 saturated heterocycles. The zero-order chi connectivity index (χ0) is 53.5. The third-order valence-electron chi connectivity index (χ3n) is 18.4. The molecule has 0 N–H and O–H groups in total. The Labute approximate surface area is 461 Å². The lowest BCUT2D eigenvalue weighted by molar-refractivity contribution is 0.666. The van der Waals surface area contributed by atoms with Crippen molar-refractivity contribution < 1.29 is 0 Å². The molecule has 0 aliphatic heterocycles. The lowest BCUT2D eigenvalue weighted by Crippen LogP contribution is -2.17. The van der Waals surface area contributed by atoms with Crippen LogP contribution in [-0.4, -0.2) is 18.3 Å². The number of hydrogen-bond acceptors (Lipinski definition) is 2. The summed E-state index contributed by atoms with van der Waals surface area (Å²) in [5, 5.41) is 34.5. The van der Waals surface area contributed by atoms with Crippen molar-refractivity contribution >= 4 is 87.2 Å². The topological polar surface area (TPSA) is 67.3 Å². The largest absolute Gasteiger partial charge is 0.306 e. The van der Waals surface area contributed by atoms with Crippen LogP contribution >= 0.6 is 0 Å². The summed E-state index contributed by atoms with van der Waals surface area (Å²) in [6.07, 6.45) is 0.